The molecule has 6 unspecified atom stereocenters. The van der Waals surface area contributed by atoms with Crippen LogP contribution >= 0.6 is 7.82 Å². The van der Waals surface area contributed by atoms with Gasteiger partial charge < -0.3 is 39.9 Å². The highest BCUT2D eigenvalue weighted by molar-refractivity contribution is 7.47. The van der Waals surface area contributed by atoms with Crippen LogP contribution in [0.5, 0.6) is 0 Å². The van der Waals surface area contributed by atoms with Gasteiger partial charge in [0.05, 0.1) is 6.61 Å². The summed E-state index contributed by atoms with van der Waals surface area (Å²) in [5, 5.41) is 50.1. The van der Waals surface area contributed by atoms with Crippen LogP contribution in [0.1, 0.15) is 167 Å². The lowest BCUT2D eigenvalue weighted by Gasteiger charge is -2.41. The minimum absolute atomic E-state index is 0.0467. The summed E-state index contributed by atoms with van der Waals surface area (Å²) in [7, 11) is -5.13. The van der Waals surface area contributed by atoms with Crippen LogP contribution in [-0.2, 0) is 32.7 Å². The van der Waals surface area contributed by atoms with Gasteiger partial charge in [-0.3, -0.25) is 18.6 Å². The highest BCUT2D eigenvalue weighted by atomic mass is 31.2. The van der Waals surface area contributed by atoms with Gasteiger partial charge in [-0.05, 0) is 64.2 Å². The molecule has 1 fully saturated rings. The molecule has 8 atom stereocenters. The van der Waals surface area contributed by atoms with Gasteiger partial charge >= 0.3 is 19.8 Å². The minimum Gasteiger partial charge on any atom is -0.462 e. The van der Waals surface area contributed by atoms with Gasteiger partial charge in [-0.25, -0.2) is 4.57 Å². The van der Waals surface area contributed by atoms with E-state index in [1.807, 2.05) is 6.08 Å². The summed E-state index contributed by atoms with van der Waals surface area (Å²) in [5.74, 6) is -1.15. The predicted molar refractivity (Wildman–Crippen MR) is 230 cm³/mol. The van der Waals surface area contributed by atoms with Crippen LogP contribution in [-0.4, -0.2) is 98.3 Å². The molecule has 1 saturated carbocycles. The van der Waals surface area contributed by atoms with Crippen LogP contribution in [0.2, 0.25) is 0 Å². The lowest BCUT2D eigenvalue weighted by Crippen LogP contribution is -2.64. The van der Waals surface area contributed by atoms with Crippen LogP contribution in [0, 0.1) is 0 Å². The number of phosphoric acid groups is 1. The molecule has 0 bridgehead atoms. The summed E-state index contributed by atoms with van der Waals surface area (Å²) in [4.78, 5) is 35.6. The zero-order chi connectivity index (χ0) is 43.6. The third kappa shape index (κ3) is 28.1. The average Bonchev–Trinajstić information content (AvgIpc) is 3.21. The van der Waals surface area contributed by atoms with Crippen molar-refractivity contribution in [3.63, 3.8) is 0 Å². The maximum absolute atomic E-state index is 12.8. The highest BCUT2D eigenvalue weighted by Crippen LogP contribution is 2.47. The second-order valence-corrected chi connectivity index (χ2v) is 17.0. The Bertz CT molecular complexity index is 1210. The number of phosphoric ester groups is 1. The van der Waals surface area contributed by atoms with E-state index in [1.54, 1.807) is 0 Å². The molecule has 0 aromatic rings. The number of hydrogen-bond acceptors (Lipinski definition) is 12. The number of carbonyl (C=O) groups excluding carboxylic acids is 2. The minimum atomic E-state index is -5.13. The number of unbranched alkanes of at least 4 members (excludes halogenated alkanes) is 18. The monoisotopic (exact) mass is 859 g/mol. The predicted octanol–water partition coefficient (Wildman–Crippen LogP) is 8.39. The van der Waals surface area contributed by atoms with Crippen molar-refractivity contribution >= 4 is 19.8 Å². The van der Waals surface area contributed by atoms with E-state index in [1.165, 1.54) is 77.0 Å². The Morgan fingerprint density at radius 1 is 0.576 bits per heavy atom. The Labute approximate surface area is 354 Å². The highest BCUT2D eigenvalue weighted by Gasteiger charge is 2.51. The molecule has 0 spiro atoms. The average molecular weight is 859 g/mol. The molecule has 1 aliphatic carbocycles. The summed E-state index contributed by atoms with van der Waals surface area (Å²) in [6.07, 6.45) is 26.3. The molecular formula is C45H79O13P. The zero-order valence-electron chi connectivity index (χ0n) is 35.9. The Kier molecular flexibility index (Phi) is 32.9. The maximum Gasteiger partial charge on any atom is 0.472 e. The number of aliphatic hydroxyl groups excluding tert-OH is 5. The van der Waals surface area contributed by atoms with E-state index in [2.05, 4.69) is 50.0 Å². The molecule has 1 rings (SSSR count). The summed E-state index contributed by atoms with van der Waals surface area (Å²) in [5.41, 5.74) is 0. The van der Waals surface area contributed by atoms with E-state index in [4.69, 9.17) is 18.5 Å². The second kappa shape index (κ2) is 35.4. The van der Waals surface area contributed by atoms with Crippen molar-refractivity contribution in [3.8, 4) is 0 Å². The fourth-order valence-corrected chi connectivity index (χ4v) is 7.60. The van der Waals surface area contributed by atoms with Crippen LogP contribution in [0.4, 0.5) is 0 Å². The molecule has 0 heterocycles. The molecule has 0 saturated heterocycles. The normalized spacial score (nSPS) is 22.6. The zero-order valence-corrected chi connectivity index (χ0v) is 36.8. The van der Waals surface area contributed by atoms with Crippen molar-refractivity contribution < 1.29 is 63.1 Å². The third-order valence-electron chi connectivity index (χ3n) is 10.3. The number of ether oxygens (including phenoxy) is 2. The molecule has 0 aliphatic heterocycles. The molecule has 6 N–H and O–H groups in total. The van der Waals surface area contributed by atoms with Gasteiger partial charge in [0.2, 0.25) is 0 Å². The quantitative estimate of drug-likeness (QED) is 0.0150. The van der Waals surface area contributed by atoms with Gasteiger partial charge in [0.15, 0.2) is 6.10 Å². The molecule has 1 aliphatic rings. The standard InChI is InChI=1S/C45H79O13P/c1-3-5-7-9-11-13-15-17-19-21-23-25-27-29-31-33-38(46)55-35-37(36-56-59(53,54)58-45-43(51)41(49)40(48)42(50)44(45)52)57-39(47)34-32-30-28-26-24-22-20-18-16-14-12-10-8-6-4-2/h3,12,14,18,20,24,26,37,40-45,48-52H,1,4-11,13,15-17,19,21-23,25,27-36H2,2H3,(H,53,54)/b14-12+,20-18+,26-24+/t37-,40?,41-,42?,43?,44?,45?/m1/s1. The van der Waals surface area contributed by atoms with Gasteiger partial charge in [0.25, 0.3) is 0 Å². The lowest BCUT2D eigenvalue weighted by molar-refractivity contribution is -0.220. The molecule has 13 nitrogen and oxygen atoms in total. The van der Waals surface area contributed by atoms with Gasteiger partial charge in [-0.15, -0.1) is 6.58 Å². The smallest absolute Gasteiger partial charge is 0.462 e. The fourth-order valence-electron chi connectivity index (χ4n) is 6.63. The molecule has 0 aromatic carbocycles. The lowest BCUT2D eigenvalue weighted by atomic mass is 9.85. The van der Waals surface area contributed by atoms with Gasteiger partial charge in [-0.1, -0.05) is 133 Å². The van der Waals surface area contributed by atoms with E-state index >= 15 is 0 Å². The van der Waals surface area contributed by atoms with Crippen molar-refractivity contribution in [2.45, 2.75) is 210 Å². The van der Waals surface area contributed by atoms with Crippen molar-refractivity contribution in [2.24, 2.45) is 0 Å². The number of carbonyl (C=O) groups is 2. The second-order valence-electron chi connectivity index (χ2n) is 15.6. The van der Waals surface area contributed by atoms with Gasteiger partial charge in [-0.2, -0.15) is 0 Å². The Morgan fingerprint density at radius 2 is 1.00 bits per heavy atom. The van der Waals surface area contributed by atoms with Crippen molar-refractivity contribution in [1.82, 2.24) is 0 Å². The number of aliphatic hydroxyl groups is 5. The molecule has 0 aromatic heterocycles. The van der Waals surface area contributed by atoms with E-state index in [-0.39, 0.29) is 12.8 Å². The van der Waals surface area contributed by atoms with E-state index in [0.717, 1.165) is 57.8 Å². The van der Waals surface area contributed by atoms with Gasteiger partial charge in [0.1, 0.15) is 43.2 Å². The molecule has 59 heavy (non-hydrogen) atoms. The first kappa shape index (κ1) is 54.8. The third-order valence-corrected chi connectivity index (χ3v) is 11.3. The first-order valence-electron chi connectivity index (χ1n) is 22.4. The number of hydrogen-bond donors (Lipinski definition) is 6. The summed E-state index contributed by atoms with van der Waals surface area (Å²) < 4.78 is 33.4. The van der Waals surface area contributed by atoms with Crippen molar-refractivity contribution in [1.29, 1.82) is 0 Å². The Morgan fingerprint density at radius 3 is 1.53 bits per heavy atom. The fraction of sp³-hybridized carbons (Fsp3) is 0.778. The van der Waals surface area contributed by atoms with E-state index in [9.17, 15) is 44.6 Å². The molecular weight excluding hydrogens is 779 g/mol. The van der Waals surface area contributed by atoms with Crippen molar-refractivity contribution in [3.05, 3.63) is 49.1 Å². The summed E-state index contributed by atoms with van der Waals surface area (Å²) >= 11 is 0. The number of allylic oxidation sites excluding steroid dienone is 7. The Balaban J connectivity index is 2.50. The summed E-state index contributed by atoms with van der Waals surface area (Å²) in [6, 6.07) is 0. The van der Waals surface area contributed by atoms with E-state index in [0.29, 0.717) is 12.8 Å². The Hall–Kier alpha value is -2.19. The number of esters is 2. The van der Waals surface area contributed by atoms with Crippen LogP contribution < -0.4 is 0 Å². The van der Waals surface area contributed by atoms with Crippen molar-refractivity contribution in [2.75, 3.05) is 13.2 Å². The van der Waals surface area contributed by atoms with Crippen LogP contribution in [0.25, 0.3) is 0 Å². The van der Waals surface area contributed by atoms with E-state index < -0.39 is 75.7 Å². The molecule has 342 valence electrons. The molecule has 0 amide bonds. The maximum atomic E-state index is 12.8. The number of rotatable bonds is 37. The topological polar surface area (TPSA) is 210 Å². The first-order chi connectivity index (χ1) is 28.4. The largest absolute Gasteiger partial charge is 0.472 e. The van der Waals surface area contributed by atoms with Crippen LogP contribution in [0.15, 0.2) is 49.1 Å². The first-order valence-corrected chi connectivity index (χ1v) is 23.9. The molecule has 0 radical (unpaired) electrons. The molecule has 14 heteroatoms. The van der Waals surface area contributed by atoms with Gasteiger partial charge in [0, 0.05) is 12.8 Å². The van der Waals surface area contributed by atoms with Crippen LogP contribution in [0.3, 0.4) is 0 Å². The SMILES string of the molecule is C=CCCCCCCCCCCCCCCCC(=O)OC[C@H](COP(=O)(O)OC1C(O)C(O)C(O)[C@@H](O)C1O)OC(=O)CCCC/C=C/C/C=C/C/C=C/CCCCC. The summed E-state index contributed by atoms with van der Waals surface area (Å²) in [6.45, 7) is 4.75.